The average molecular weight is 221 g/mol. The maximum absolute atomic E-state index is 5.57. The predicted molar refractivity (Wildman–Crippen MR) is 68.4 cm³/mol. The first-order chi connectivity index (χ1) is 7.88. The second kappa shape index (κ2) is 6.18. The molecule has 0 aromatic rings. The Morgan fingerprint density at radius 3 is 2.44 bits per heavy atom. The lowest BCUT2D eigenvalue weighted by atomic mass is 10.1. The van der Waals surface area contributed by atoms with Crippen molar-refractivity contribution in [3.05, 3.63) is 23.8 Å². The van der Waals surface area contributed by atoms with E-state index in [1.54, 1.807) is 0 Å². The quantitative estimate of drug-likeness (QED) is 0.763. The minimum absolute atomic E-state index is 0.786. The van der Waals surface area contributed by atoms with Gasteiger partial charge < -0.3 is 5.73 Å². The molecule has 1 fully saturated rings. The number of nitrogens with two attached hydrogens (primary N) is 1. The van der Waals surface area contributed by atoms with Gasteiger partial charge in [-0.05, 0) is 18.4 Å². The van der Waals surface area contributed by atoms with E-state index in [4.69, 9.17) is 5.73 Å². The van der Waals surface area contributed by atoms with E-state index in [2.05, 4.69) is 28.0 Å². The normalized spacial score (nSPS) is 23.4. The van der Waals surface area contributed by atoms with Crippen molar-refractivity contribution in [1.29, 1.82) is 0 Å². The molecule has 1 aliphatic heterocycles. The summed E-state index contributed by atoms with van der Waals surface area (Å²) in [5, 5.41) is 0. The van der Waals surface area contributed by atoms with Crippen LogP contribution >= 0.6 is 0 Å². The summed E-state index contributed by atoms with van der Waals surface area (Å²) in [6.07, 6.45) is 9.40. The second-order valence-corrected chi connectivity index (χ2v) is 4.67. The highest BCUT2D eigenvalue weighted by molar-refractivity contribution is 5.23. The molecule has 0 radical (unpaired) electrons. The zero-order chi connectivity index (χ0) is 11.2. The van der Waals surface area contributed by atoms with E-state index in [0.29, 0.717) is 0 Å². The number of rotatable bonds is 4. The van der Waals surface area contributed by atoms with Crippen molar-refractivity contribution in [3.8, 4) is 0 Å². The zero-order valence-corrected chi connectivity index (χ0v) is 10.1. The summed E-state index contributed by atoms with van der Waals surface area (Å²) in [5.74, 6) is 0. The average Bonchev–Trinajstić information content (AvgIpc) is 2.33. The van der Waals surface area contributed by atoms with Crippen LogP contribution in [0.5, 0.6) is 0 Å². The predicted octanol–water partition coefficient (Wildman–Crippen LogP) is 0.839. The minimum Gasteiger partial charge on any atom is -0.329 e. The van der Waals surface area contributed by atoms with Crippen molar-refractivity contribution in [1.82, 2.24) is 9.80 Å². The van der Waals surface area contributed by atoms with Gasteiger partial charge in [0.15, 0.2) is 0 Å². The summed E-state index contributed by atoms with van der Waals surface area (Å²) in [5.41, 5.74) is 7.07. The molecule has 0 unspecified atom stereocenters. The number of hydrogen-bond acceptors (Lipinski definition) is 3. The van der Waals surface area contributed by atoms with E-state index in [-0.39, 0.29) is 0 Å². The molecule has 2 rings (SSSR count). The first-order valence-electron chi connectivity index (χ1n) is 6.39. The highest BCUT2D eigenvalue weighted by atomic mass is 15.3. The van der Waals surface area contributed by atoms with Crippen LogP contribution in [0.1, 0.15) is 12.8 Å². The third-order valence-electron chi connectivity index (χ3n) is 3.39. The Morgan fingerprint density at radius 2 is 1.81 bits per heavy atom. The van der Waals surface area contributed by atoms with Gasteiger partial charge in [-0.3, -0.25) is 9.80 Å². The molecule has 2 N–H and O–H groups in total. The Labute approximate surface area is 98.6 Å². The molecule has 0 bridgehead atoms. The fourth-order valence-electron chi connectivity index (χ4n) is 2.40. The molecule has 90 valence electrons. The summed E-state index contributed by atoms with van der Waals surface area (Å²) in [6.45, 7) is 7.69. The highest BCUT2D eigenvalue weighted by Crippen LogP contribution is 2.12. The van der Waals surface area contributed by atoms with Gasteiger partial charge in [0.25, 0.3) is 0 Å². The monoisotopic (exact) mass is 221 g/mol. The maximum Gasteiger partial charge on any atom is 0.0231 e. The number of hydrogen-bond donors (Lipinski definition) is 1. The Hall–Kier alpha value is -0.640. The molecule has 3 nitrogen and oxygen atoms in total. The first kappa shape index (κ1) is 11.8. The van der Waals surface area contributed by atoms with Crippen molar-refractivity contribution in [2.75, 3.05) is 45.8 Å². The van der Waals surface area contributed by atoms with Gasteiger partial charge >= 0.3 is 0 Å². The Morgan fingerprint density at radius 1 is 1.06 bits per heavy atom. The molecule has 16 heavy (non-hydrogen) atoms. The third-order valence-corrected chi connectivity index (χ3v) is 3.39. The second-order valence-electron chi connectivity index (χ2n) is 4.67. The minimum atomic E-state index is 0.786. The lowest BCUT2D eigenvalue weighted by molar-refractivity contribution is 0.144. The molecule has 2 aliphatic rings. The van der Waals surface area contributed by atoms with Gasteiger partial charge in [0.05, 0.1) is 0 Å². The van der Waals surface area contributed by atoms with Crippen LogP contribution in [0.2, 0.25) is 0 Å². The molecule has 0 aromatic heterocycles. The topological polar surface area (TPSA) is 32.5 Å². The van der Waals surface area contributed by atoms with Crippen LogP contribution in [-0.4, -0.2) is 55.6 Å². The van der Waals surface area contributed by atoms with Crippen molar-refractivity contribution in [2.24, 2.45) is 5.73 Å². The Bertz CT molecular complexity index is 262. The maximum atomic E-state index is 5.57. The van der Waals surface area contributed by atoms with Gasteiger partial charge in [-0.15, -0.1) is 0 Å². The zero-order valence-electron chi connectivity index (χ0n) is 10.1. The van der Waals surface area contributed by atoms with Crippen LogP contribution in [0.25, 0.3) is 0 Å². The summed E-state index contributed by atoms with van der Waals surface area (Å²) >= 11 is 0. The van der Waals surface area contributed by atoms with Gasteiger partial charge in [-0.1, -0.05) is 18.2 Å². The van der Waals surface area contributed by atoms with E-state index in [1.165, 1.54) is 44.6 Å². The fraction of sp³-hybridized carbons (Fsp3) is 0.692. The molecular weight excluding hydrogens is 198 g/mol. The Balaban J connectivity index is 1.72. The van der Waals surface area contributed by atoms with E-state index in [0.717, 1.165) is 19.6 Å². The van der Waals surface area contributed by atoms with Gasteiger partial charge in [-0.25, -0.2) is 0 Å². The van der Waals surface area contributed by atoms with Crippen LogP contribution < -0.4 is 5.73 Å². The van der Waals surface area contributed by atoms with Crippen LogP contribution in [0.4, 0.5) is 0 Å². The standard InChI is InChI=1S/C13H23N3/c14-6-7-15-8-10-16(11-9-15)12-13-4-2-1-3-5-13/h2,4-5H,1,3,6-12,14H2. The highest BCUT2D eigenvalue weighted by Gasteiger charge is 2.16. The van der Waals surface area contributed by atoms with Gasteiger partial charge in [-0.2, -0.15) is 0 Å². The molecule has 0 amide bonds. The van der Waals surface area contributed by atoms with Gasteiger partial charge in [0, 0.05) is 45.8 Å². The van der Waals surface area contributed by atoms with Crippen molar-refractivity contribution in [3.63, 3.8) is 0 Å². The SMILES string of the molecule is NCCN1CCN(CC2=CCCC=C2)CC1. The number of nitrogens with zero attached hydrogens (tertiary/aromatic N) is 2. The van der Waals surface area contributed by atoms with E-state index in [9.17, 15) is 0 Å². The molecular formula is C13H23N3. The molecule has 1 saturated heterocycles. The lowest BCUT2D eigenvalue weighted by Crippen LogP contribution is -2.48. The molecule has 0 aromatic carbocycles. The van der Waals surface area contributed by atoms with Crippen LogP contribution in [0.3, 0.4) is 0 Å². The first-order valence-corrected chi connectivity index (χ1v) is 6.39. The van der Waals surface area contributed by atoms with Crippen LogP contribution in [-0.2, 0) is 0 Å². The van der Waals surface area contributed by atoms with E-state index < -0.39 is 0 Å². The lowest BCUT2D eigenvalue weighted by Gasteiger charge is -2.34. The molecule has 3 heteroatoms. The number of allylic oxidation sites excluding steroid dienone is 2. The molecule has 1 heterocycles. The summed E-state index contributed by atoms with van der Waals surface area (Å²) in [6, 6.07) is 0. The summed E-state index contributed by atoms with van der Waals surface area (Å²) < 4.78 is 0. The fourth-order valence-corrected chi connectivity index (χ4v) is 2.40. The summed E-state index contributed by atoms with van der Waals surface area (Å²) in [4.78, 5) is 5.01. The van der Waals surface area contributed by atoms with E-state index in [1.807, 2.05) is 0 Å². The van der Waals surface area contributed by atoms with Crippen molar-refractivity contribution in [2.45, 2.75) is 12.8 Å². The van der Waals surface area contributed by atoms with Crippen LogP contribution in [0.15, 0.2) is 23.8 Å². The molecule has 0 atom stereocenters. The van der Waals surface area contributed by atoms with Gasteiger partial charge in [0.1, 0.15) is 0 Å². The molecule has 0 saturated carbocycles. The third kappa shape index (κ3) is 3.44. The van der Waals surface area contributed by atoms with Gasteiger partial charge in [0.2, 0.25) is 0 Å². The van der Waals surface area contributed by atoms with E-state index >= 15 is 0 Å². The van der Waals surface area contributed by atoms with Crippen LogP contribution in [0, 0.1) is 0 Å². The molecule has 0 spiro atoms. The number of piperazine rings is 1. The smallest absolute Gasteiger partial charge is 0.0231 e. The van der Waals surface area contributed by atoms with Crippen molar-refractivity contribution >= 4 is 0 Å². The Kier molecular flexibility index (Phi) is 4.57. The largest absolute Gasteiger partial charge is 0.329 e. The van der Waals surface area contributed by atoms with Crippen molar-refractivity contribution < 1.29 is 0 Å². The molecule has 1 aliphatic carbocycles. The summed E-state index contributed by atoms with van der Waals surface area (Å²) in [7, 11) is 0.